The Morgan fingerprint density at radius 1 is 1.04 bits per heavy atom. The average Bonchev–Trinajstić information content (AvgIpc) is 2.51. The minimum absolute atomic E-state index is 0.0234. The monoisotopic (exact) mass is 364 g/mol. The molecule has 4 rings (SSSR count). The molecule has 146 valence electrons. The van der Waals surface area contributed by atoms with E-state index in [2.05, 4.69) is 27.7 Å². The van der Waals surface area contributed by atoms with Gasteiger partial charge >= 0.3 is 0 Å². The van der Waals surface area contributed by atoms with Crippen LogP contribution in [0.25, 0.3) is 0 Å². The van der Waals surface area contributed by atoms with Gasteiger partial charge in [-0.25, -0.2) is 0 Å². The molecule has 0 saturated heterocycles. The maximum atomic E-state index is 12.6. The molecule has 26 heavy (non-hydrogen) atoms. The second-order valence-corrected chi connectivity index (χ2v) is 10.0. The van der Waals surface area contributed by atoms with Gasteiger partial charge in [0.05, 0.1) is 17.8 Å². The van der Waals surface area contributed by atoms with Gasteiger partial charge in [0, 0.05) is 24.2 Å². The van der Waals surface area contributed by atoms with Gasteiger partial charge in [-0.3, -0.25) is 4.79 Å². The molecule has 0 amide bonds. The number of carbonyl (C=O) groups excluding carboxylic acids is 1. The van der Waals surface area contributed by atoms with Gasteiger partial charge in [-0.15, -0.1) is 0 Å². The molecule has 0 unspecified atom stereocenters. The zero-order chi connectivity index (χ0) is 19.1. The van der Waals surface area contributed by atoms with Gasteiger partial charge in [0.25, 0.3) is 5.95 Å². The molecule has 2 saturated carbocycles. The second kappa shape index (κ2) is 5.48. The minimum Gasteiger partial charge on any atom is -0.462 e. The molecular weight excluding hydrogens is 332 g/mol. The number of fused-ring (bicyclic) bond motifs is 3. The summed E-state index contributed by atoms with van der Waals surface area (Å²) in [4.78, 5) is 12.6. The molecule has 2 aliphatic heterocycles. The molecule has 5 heteroatoms. The largest absolute Gasteiger partial charge is 0.462 e. The van der Waals surface area contributed by atoms with Gasteiger partial charge in [0.15, 0.2) is 5.78 Å². The number of hydrogen-bond donors (Lipinski definition) is 2. The first kappa shape index (κ1) is 18.3. The summed E-state index contributed by atoms with van der Waals surface area (Å²) in [6.45, 7) is 10.4. The number of Topliss-reactive ketones (excluding diaryl/α,β-unsaturated/α-hetero) is 1. The van der Waals surface area contributed by atoms with Crippen molar-refractivity contribution in [2.45, 2.75) is 90.6 Å². The van der Waals surface area contributed by atoms with Crippen molar-refractivity contribution >= 4 is 5.78 Å². The highest BCUT2D eigenvalue weighted by molar-refractivity contribution is 5.96. The number of rotatable bonds is 0. The molecule has 2 heterocycles. The Kier molecular flexibility index (Phi) is 3.86. The number of carbonyl (C=O) groups is 1. The molecule has 2 N–H and O–H groups in total. The summed E-state index contributed by atoms with van der Waals surface area (Å²) in [5.41, 5.74) is -0.479. The van der Waals surface area contributed by atoms with E-state index in [-0.39, 0.29) is 29.1 Å². The van der Waals surface area contributed by atoms with E-state index in [0.717, 1.165) is 12.8 Å². The van der Waals surface area contributed by atoms with Crippen molar-refractivity contribution in [3.05, 3.63) is 11.5 Å². The summed E-state index contributed by atoms with van der Waals surface area (Å²) in [7, 11) is 0. The van der Waals surface area contributed by atoms with Crippen LogP contribution in [0, 0.1) is 22.7 Å². The fraction of sp³-hybridized carbons (Fsp3) is 0.857. The summed E-state index contributed by atoms with van der Waals surface area (Å²) in [6.07, 6.45) is 1.80. The van der Waals surface area contributed by atoms with Crippen molar-refractivity contribution in [1.29, 1.82) is 0 Å². The average molecular weight is 364 g/mol. The van der Waals surface area contributed by atoms with E-state index in [1.807, 2.05) is 6.92 Å². The molecule has 0 radical (unpaired) electrons. The Bertz CT molecular complexity index is 667. The topological polar surface area (TPSA) is 76.0 Å². The van der Waals surface area contributed by atoms with E-state index in [1.54, 1.807) is 0 Å². The molecule has 4 aliphatic rings. The lowest BCUT2D eigenvalue weighted by Gasteiger charge is -2.65. The highest BCUT2D eigenvalue weighted by Crippen LogP contribution is 2.65. The minimum atomic E-state index is -0.607. The number of ketones is 1. The Hall–Kier alpha value is -1.07. The van der Waals surface area contributed by atoms with Crippen LogP contribution in [0.4, 0.5) is 0 Å². The molecule has 0 aromatic carbocycles. The number of aliphatic hydroxyl groups is 2. The van der Waals surface area contributed by atoms with Gasteiger partial charge in [0.2, 0.25) is 0 Å². The van der Waals surface area contributed by atoms with E-state index in [0.29, 0.717) is 30.8 Å². The Balaban J connectivity index is 1.78. The van der Waals surface area contributed by atoms with E-state index >= 15 is 0 Å². The lowest BCUT2D eigenvalue weighted by molar-refractivity contribution is -0.258. The third-order valence-corrected chi connectivity index (χ3v) is 8.19. The fourth-order valence-electron chi connectivity index (χ4n) is 6.51. The first-order chi connectivity index (χ1) is 12.0. The van der Waals surface area contributed by atoms with Crippen LogP contribution in [-0.4, -0.2) is 39.9 Å². The highest BCUT2D eigenvalue weighted by Gasteiger charge is 2.66. The first-order valence-corrected chi connectivity index (χ1v) is 9.98. The van der Waals surface area contributed by atoms with Gasteiger partial charge in [-0.1, -0.05) is 20.8 Å². The van der Waals surface area contributed by atoms with E-state index < -0.39 is 23.2 Å². The van der Waals surface area contributed by atoms with Crippen molar-refractivity contribution in [2.24, 2.45) is 22.7 Å². The van der Waals surface area contributed by atoms with Crippen LogP contribution in [0.5, 0.6) is 0 Å². The van der Waals surface area contributed by atoms with Crippen LogP contribution in [0.2, 0.25) is 0 Å². The lowest BCUT2D eigenvalue weighted by Crippen LogP contribution is -2.67. The SMILES string of the molecule is C[C@@H]1CC(=O)C2=C(O1)O[C@]1(C)CC[C@H]3C(C)(C)[C@H](O)C[C@H](O)[C@]3(C)[C@H]1C2. The van der Waals surface area contributed by atoms with Crippen LogP contribution < -0.4 is 0 Å². The molecule has 0 spiro atoms. The van der Waals surface area contributed by atoms with Crippen molar-refractivity contribution in [3.8, 4) is 0 Å². The maximum absolute atomic E-state index is 12.6. The lowest BCUT2D eigenvalue weighted by atomic mass is 9.43. The van der Waals surface area contributed by atoms with Gasteiger partial charge in [-0.2, -0.15) is 0 Å². The predicted octanol–water partition coefficient (Wildman–Crippen LogP) is 2.94. The normalized spacial score (nSPS) is 50.1. The number of aliphatic hydroxyl groups excluding tert-OH is 2. The molecule has 0 aromatic rings. The summed E-state index contributed by atoms with van der Waals surface area (Å²) in [5.74, 6) is 0.724. The highest BCUT2D eigenvalue weighted by atomic mass is 16.7. The van der Waals surface area contributed by atoms with Crippen molar-refractivity contribution in [3.63, 3.8) is 0 Å². The van der Waals surface area contributed by atoms with Crippen LogP contribution in [0.1, 0.15) is 66.7 Å². The van der Waals surface area contributed by atoms with Gasteiger partial charge in [-0.05, 0) is 44.4 Å². The zero-order valence-corrected chi connectivity index (χ0v) is 16.5. The summed E-state index contributed by atoms with van der Waals surface area (Å²) < 4.78 is 12.2. The molecule has 2 fully saturated rings. The third-order valence-electron chi connectivity index (χ3n) is 8.19. The summed E-state index contributed by atoms with van der Waals surface area (Å²) >= 11 is 0. The maximum Gasteiger partial charge on any atom is 0.286 e. The van der Waals surface area contributed by atoms with E-state index in [1.165, 1.54) is 0 Å². The Morgan fingerprint density at radius 3 is 2.42 bits per heavy atom. The molecule has 2 aliphatic carbocycles. The zero-order valence-electron chi connectivity index (χ0n) is 16.5. The standard InChI is InChI=1S/C21H32O5/c1-11-8-13(22)12-9-15-20(4,26-18(12)25-11)7-6-14-19(2,3)16(23)10-17(24)21(14,15)5/h11,14-17,23-24H,6-10H2,1-5H3/t11-,14+,15+,16-,17+,20-,21+/m1/s1. The molecule has 0 bridgehead atoms. The summed E-state index contributed by atoms with van der Waals surface area (Å²) in [5, 5.41) is 21.7. The smallest absolute Gasteiger partial charge is 0.286 e. The van der Waals surface area contributed by atoms with Crippen LogP contribution >= 0.6 is 0 Å². The fourth-order valence-corrected chi connectivity index (χ4v) is 6.51. The molecule has 0 aromatic heterocycles. The number of hydrogen-bond acceptors (Lipinski definition) is 5. The van der Waals surface area contributed by atoms with Crippen LogP contribution in [0.3, 0.4) is 0 Å². The quantitative estimate of drug-likeness (QED) is 0.691. The molecule has 7 atom stereocenters. The van der Waals surface area contributed by atoms with Gasteiger partial charge < -0.3 is 19.7 Å². The Labute approximate surface area is 155 Å². The van der Waals surface area contributed by atoms with E-state index in [4.69, 9.17) is 9.47 Å². The number of allylic oxidation sites excluding steroid dienone is 1. The van der Waals surface area contributed by atoms with Gasteiger partial charge in [0.1, 0.15) is 11.7 Å². The third kappa shape index (κ3) is 2.26. The van der Waals surface area contributed by atoms with Crippen molar-refractivity contribution in [2.75, 3.05) is 0 Å². The molecule has 5 nitrogen and oxygen atoms in total. The second-order valence-electron chi connectivity index (χ2n) is 10.0. The molecular formula is C21H32O5. The Morgan fingerprint density at radius 2 is 1.73 bits per heavy atom. The number of ether oxygens (including phenoxy) is 2. The van der Waals surface area contributed by atoms with E-state index in [9.17, 15) is 15.0 Å². The van der Waals surface area contributed by atoms with Crippen LogP contribution in [-0.2, 0) is 14.3 Å². The first-order valence-electron chi connectivity index (χ1n) is 9.98. The summed E-state index contributed by atoms with van der Waals surface area (Å²) in [6, 6.07) is 0. The predicted molar refractivity (Wildman–Crippen MR) is 96.0 cm³/mol. The van der Waals surface area contributed by atoms with Crippen molar-refractivity contribution in [1.82, 2.24) is 0 Å². The van der Waals surface area contributed by atoms with Crippen molar-refractivity contribution < 1.29 is 24.5 Å². The van der Waals surface area contributed by atoms with Crippen LogP contribution in [0.15, 0.2) is 11.5 Å².